The standard InChI is InChI=1S/C18H15Cl2NO2/c1-3-11-4-5-13-8-14(17(10-22)21(13)9-11)15-6-12(19)7-16(20)18(15)23-2/h4-10H,3H2,1-2H3. The highest BCUT2D eigenvalue weighted by atomic mass is 35.5. The van der Waals surface area contributed by atoms with Gasteiger partial charge >= 0.3 is 0 Å². The van der Waals surface area contributed by atoms with Gasteiger partial charge in [0.05, 0.1) is 17.8 Å². The number of carbonyl (C=O) groups excluding carboxylic acids is 1. The number of carbonyl (C=O) groups is 1. The molecule has 0 unspecified atom stereocenters. The van der Waals surface area contributed by atoms with Gasteiger partial charge in [0.25, 0.3) is 0 Å². The molecule has 2 heterocycles. The Morgan fingerprint density at radius 2 is 1.96 bits per heavy atom. The second-order valence-electron chi connectivity index (χ2n) is 5.22. The number of hydrogen-bond donors (Lipinski definition) is 0. The fourth-order valence-corrected chi connectivity index (χ4v) is 3.32. The lowest BCUT2D eigenvalue weighted by Gasteiger charge is -2.10. The third-order valence-corrected chi connectivity index (χ3v) is 4.39. The number of methoxy groups -OCH3 is 1. The van der Waals surface area contributed by atoms with E-state index in [0.29, 0.717) is 27.1 Å². The van der Waals surface area contributed by atoms with Crippen molar-refractivity contribution in [3.05, 3.63) is 57.8 Å². The number of fused-ring (bicyclic) bond motifs is 1. The van der Waals surface area contributed by atoms with Crippen LogP contribution in [0.2, 0.25) is 10.0 Å². The zero-order valence-electron chi connectivity index (χ0n) is 12.8. The summed E-state index contributed by atoms with van der Waals surface area (Å²) in [5.74, 6) is 0.505. The van der Waals surface area contributed by atoms with E-state index in [1.807, 2.05) is 22.7 Å². The molecule has 0 atom stereocenters. The van der Waals surface area contributed by atoms with Crippen molar-refractivity contribution in [2.45, 2.75) is 13.3 Å². The Morgan fingerprint density at radius 1 is 1.17 bits per heavy atom. The van der Waals surface area contributed by atoms with Crippen molar-refractivity contribution in [2.75, 3.05) is 7.11 Å². The van der Waals surface area contributed by atoms with Crippen LogP contribution < -0.4 is 4.74 Å². The first-order chi connectivity index (χ1) is 11.1. The maximum Gasteiger partial charge on any atom is 0.167 e. The molecule has 0 fully saturated rings. The molecule has 1 aromatic carbocycles. The van der Waals surface area contributed by atoms with E-state index in [-0.39, 0.29) is 0 Å². The molecule has 0 spiro atoms. The Morgan fingerprint density at radius 3 is 2.61 bits per heavy atom. The van der Waals surface area contributed by atoms with Crippen LogP contribution in [0.15, 0.2) is 36.5 Å². The fourth-order valence-electron chi connectivity index (χ4n) is 2.75. The Balaban J connectivity index is 2.34. The summed E-state index contributed by atoms with van der Waals surface area (Å²) in [5.41, 5.74) is 4.08. The lowest BCUT2D eigenvalue weighted by molar-refractivity contribution is 0.111. The Bertz CT molecular complexity index is 900. The molecule has 118 valence electrons. The molecule has 5 heteroatoms. The third-order valence-electron chi connectivity index (χ3n) is 3.89. The lowest BCUT2D eigenvalue weighted by Crippen LogP contribution is -1.96. The van der Waals surface area contributed by atoms with Gasteiger partial charge in [0, 0.05) is 27.9 Å². The first-order valence-corrected chi connectivity index (χ1v) is 7.97. The predicted molar refractivity (Wildman–Crippen MR) is 94.2 cm³/mol. The minimum absolute atomic E-state index is 0.413. The van der Waals surface area contributed by atoms with Crippen molar-refractivity contribution in [1.82, 2.24) is 4.40 Å². The molecule has 0 saturated heterocycles. The number of aldehydes is 1. The van der Waals surface area contributed by atoms with E-state index < -0.39 is 0 Å². The Kier molecular flexibility index (Phi) is 4.33. The van der Waals surface area contributed by atoms with Crippen LogP contribution in [0.1, 0.15) is 23.0 Å². The molecule has 3 nitrogen and oxygen atoms in total. The summed E-state index contributed by atoms with van der Waals surface area (Å²) in [4.78, 5) is 11.7. The van der Waals surface area contributed by atoms with Crippen molar-refractivity contribution >= 4 is 35.0 Å². The zero-order valence-corrected chi connectivity index (χ0v) is 14.3. The Labute approximate surface area is 144 Å². The summed E-state index contributed by atoms with van der Waals surface area (Å²) < 4.78 is 7.29. The molecule has 2 aromatic heterocycles. The summed E-state index contributed by atoms with van der Waals surface area (Å²) in [6.45, 7) is 2.08. The van der Waals surface area contributed by atoms with Crippen LogP contribution >= 0.6 is 23.2 Å². The van der Waals surface area contributed by atoms with Crippen molar-refractivity contribution in [2.24, 2.45) is 0 Å². The molecule has 0 aliphatic rings. The SMILES string of the molecule is CCc1ccc2cc(-c3cc(Cl)cc(Cl)c3OC)c(C=O)n2c1. The highest BCUT2D eigenvalue weighted by molar-refractivity contribution is 6.36. The number of benzene rings is 1. The van der Waals surface area contributed by atoms with Crippen molar-refractivity contribution in [1.29, 1.82) is 0 Å². The van der Waals surface area contributed by atoms with Gasteiger partial charge in [0.1, 0.15) is 5.75 Å². The van der Waals surface area contributed by atoms with E-state index >= 15 is 0 Å². The van der Waals surface area contributed by atoms with Gasteiger partial charge in [-0.05, 0) is 36.2 Å². The summed E-state index contributed by atoms with van der Waals surface area (Å²) in [6.07, 6.45) is 3.71. The van der Waals surface area contributed by atoms with Gasteiger partial charge in [-0.3, -0.25) is 4.79 Å². The largest absolute Gasteiger partial charge is 0.495 e. The third kappa shape index (κ3) is 2.71. The predicted octanol–water partition coefficient (Wildman–Crippen LogP) is 5.30. The van der Waals surface area contributed by atoms with E-state index in [1.54, 1.807) is 19.2 Å². The average molecular weight is 348 g/mol. The zero-order chi connectivity index (χ0) is 16.6. The molecular weight excluding hydrogens is 333 g/mol. The van der Waals surface area contributed by atoms with E-state index in [0.717, 1.165) is 29.4 Å². The minimum Gasteiger partial charge on any atom is -0.495 e. The van der Waals surface area contributed by atoms with Crippen molar-refractivity contribution < 1.29 is 9.53 Å². The average Bonchev–Trinajstić information content (AvgIpc) is 2.91. The molecule has 3 aromatic rings. The van der Waals surface area contributed by atoms with E-state index in [9.17, 15) is 4.79 Å². The molecule has 3 rings (SSSR count). The molecule has 0 N–H and O–H groups in total. The number of rotatable bonds is 4. The smallest absolute Gasteiger partial charge is 0.167 e. The maximum absolute atomic E-state index is 11.7. The molecule has 0 aliphatic heterocycles. The van der Waals surface area contributed by atoms with Gasteiger partial charge in [0.2, 0.25) is 0 Å². The molecule has 23 heavy (non-hydrogen) atoms. The monoisotopic (exact) mass is 347 g/mol. The van der Waals surface area contributed by atoms with Gasteiger partial charge < -0.3 is 9.14 Å². The van der Waals surface area contributed by atoms with Crippen LogP contribution in [-0.2, 0) is 6.42 Å². The number of pyridine rings is 1. The Hall–Kier alpha value is -1.97. The normalized spacial score (nSPS) is 11.0. The molecule has 0 bridgehead atoms. The number of ether oxygens (including phenoxy) is 1. The van der Waals surface area contributed by atoms with Crippen LogP contribution in [0.4, 0.5) is 0 Å². The van der Waals surface area contributed by atoms with Gasteiger partial charge in [-0.15, -0.1) is 0 Å². The molecule has 0 amide bonds. The van der Waals surface area contributed by atoms with Crippen molar-refractivity contribution in [3.8, 4) is 16.9 Å². The van der Waals surface area contributed by atoms with E-state index in [2.05, 4.69) is 13.0 Å². The first kappa shape index (κ1) is 15.9. The number of nitrogens with zero attached hydrogens (tertiary/aromatic N) is 1. The van der Waals surface area contributed by atoms with Crippen LogP contribution in [-0.4, -0.2) is 17.8 Å². The summed E-state index contributed by atoms with van der Waals surface area (Å²) in [7, 11) is 1.55. The van der Waals surface area contributed by atoms with Crippen LogP contribution in [0, 0.1) is 0 Å². The van der Waals surface area contributed by atoms with Crippen molar-refractivity contribution in [3.63, 3.8) is 0 Å². The topological polar surface area (TPSA) is 30.7 Å². The highest BCUT2D eigenvalue weighted by Crippen LogP contribution is 2.40. The van der Waals surface area contributed by atoms with Gasteiger partial charge in [-0.2, -0.15) is 0 Å². The first-order valence-electron chi connectivity index (χ1n) is 7.21. The number of hydrogen-bond acceptors (Lipinski definition) is 2. The summed E-state index contributed by atoms with van der Waals surface area (Å²) >= 11 is 12.4. The van der Waals surface area contributed by atoms with E-state index in [4.69, 9.17) is 27.9 Å². The molecule has 0 saturated carbocycles. The number of aromatic nitrogens is 1. The second-order valence-corrected chi connectivity index (χ2v) is 6.06. The van der Waals surface area contributed by atoms with Gasteiger partial charge in [0.15, 0.2) is 6.29 Å². The molecule has 0 radical (unpaired) electrons. The van der Waals surface area contributed by atoms with Crippen LogP contribution in [0.5, 0.6) is 5.75 Å². The lowest BCUT2D eigenvalue weighted by atomic mass is 10.0. The minimum atomic E-state index is 0.413. The number of aryl methyl sites for hydroxylation is 1. The summed E-state index contributed by atoms with van der Waals surface area (Å²) in [6, 6.07) is 9.36. The van der Waals surface area contributed by atoms with Gasteiger partial charge in [-0.1, -0.05) is 36.2 Å². The fraction of sp³-hybridized carbons (Fsp3) is 0.167. The maximum atomic E-state index is 11.7. The summed E-state index contributed by atoms with van der Waals surface area (Å²) in [5, 5.41) is 0.906. The quantitative estimate of drug-likeness (QED) is 0.599. The molecule has 0 aliphatic carbocycles. The highest BCUT2D eigenvalue weighted by Gasteiger charge is 2.18. The number of halogens is 2. The van der Waals surface area contributed by atoms with Crippen LogP contribution in [0.3, 0.4) is 0 Å². The van der Waals surface area contributed by atoms with Crippen LogP contribution in [0.25, 0.3) is 16.6 Å². The van der Waals surface area contributed by atoms with Gasteiger partial charge in [-0.25, -0.2) is 0 Å². The molecular formula is C18H15Cl2NO2. The van der Waals surface area contributed by atoms with E-state index in [1.165, 1.54) is 0 Å². The second kappa shape index (κ2) is 6.26.